The number of rotatable bonds is 8. The van der Waals surface area contributed by atoms with E-state index < -0.39 is 0 Å². The van der Waals surface area contributed by atoms with Crippen LogP contribution in [0.2, 0.25) is 0 Å². The van der Waals surface area contributed by atoms with Gasteiger partial charge in [-0.25, -0.2) is 0 Å². The second-order valence-corrected chi connectivity index (χ2v) is 6.67. The zero-order valence-electron chi connectivity index (χ0n) is 13.9. The standard InChI is InChI=1S/C19H31NO/c1-4-20-19(11-10-18-9-6-12-21-18)17-8-5-7-16(14-17)13-15(2)3/h5,7-8,14-15,18-20H,4,6,9-13H2,1-3H3. The molecule has 21 heavy (non-hydrogen) atoms. The van der Waals surface area contributed by atoms with E-state index in [0.717, 1.165) is 13.2 Å². The normalized spacial score (nSPS) is 20.1. The summed E-state index contributed by atoms with van der Waals surface area (Å²) in [5, 5.41) is 3.65. The summed E-state index contributed by atoms with van der Waals surface area (Å²) in [5.41, 5.74) is 2.90. The molecule has 0 spiro atoms. The van der Waals surface area contributed by atoms with Crippen LogP contribution in [-0.4, -0.2) is 19.3 Å². The van der Waals surface area contributed by atoms with E-state index in [1.807, 2.05) is 0 Å². The average molecular weight is 289 g/mol. The minimum absolute atomic E-state index is 0.464. The summed E-state index contributed by atoms with van der Waals surface area (Å²) in [6.07, 6.45) is 6.48. The summed E-state index contributed by atoms with van der Waals surface area (Å²) in [5.74, 6) is 0.713. The lowest BCUT2D eigenvalue weighted by molar-refractivity contribution is 0.0996. The SMILES string of the molecule is CCNC(CCC1CCCO1)c1cccc(CC(C)C)c1. The quantitative estimate of drug-likeness (QED) is 0.761. The fourth-order valence-electron chi connectivity index (χ4n) is 3.27. The lowest BCUT2D eigenvalue weighted by atomic mass is 9.95. The Hall–Kier alpha value is -0.860. The van der Waals surface area contributed by atoms with E-state index in [9.17, 15) is 0 Å². The third kappa shape index (κ3) is 5.44. The van der Waals surface area contributed by atoms with Gasteiger partial charge in [-0.3, -0.25) is 0 Å². The molecule has 118 valence electrons. The zero-order valence-corrected chi connectivity index (χ0v) is 13.9. The van der Waals surface area contributed by atoms with Crippen molar-refractivity contribution < 1.29 is 4.74 Å². The van der Waals surface area contributed by atoms with E-state index in [0.29, 0.717) is 18.1 Å². The summed E-state index contributed by atoms with van der Waals surface area (Å²) >= 11 is 0. The first-order valence-electron chi connectivity index (χ1n) is 8.63. The highest BCUT2D eigenvalue weighted by molar-refractivity contribution is 5.26. The lowest BCUT2D eigenvalue weighted by Crippen LogP contribution is -2.22. The van der Waals surface area contributed by atoms with E-state index in [2.05, 4.69) is 50.4 Å². The predicted octanol–water partition coefficient (Wildman–Crippen LogP) is 4.49. The smallest absolute Gasteiger partial charge is 0.0576 e. The van der Waals surface area contributed by atoms with Crippen molar-refractivity contribution in [2.75, 3.05) is 13.2 Å². The largest absolute Gasteiger partial charge is 0.378 e. The van der Waals surface area contributed by atoms with Crippen LogP contribution < -0.4 is 5.32 Å². The van der Waals surface area contributed by atoms with Crippen LogP contribution in [0.15, 0.2) is 24.3 Å². The van der Waals surface area contributed by atoms with Gasteiger partial charge in [-0.15, -0.1) is 0 Å². The number of hydrogen-bond donors (Lipinski definition) is 1. The van der Waals surface area contributed by atoms with Gasteiger partial charge in [0.15, 0.2) is 0 Å². The van der Waals surface area contributed by atoms with Gasteiger partial charge in [-0.05, 0) is 55.7 Å². The Morgan fingerprint density at radius 3 is 2.86 bits per heavy atom. The van der Waals surface area contributed by atoms with E-state index in [1.165, 1.54) is 43.2 Å². The Kier molecular flexibility index (Phi) is 6.72. The van der Waals surface area contributed by atoms with Crippen molar-refractivity contribution in [3.63, 3.8) is 0 Å². The van der Waals surface area contributed by atoms with E-state index in [4.69, 9.17) is 4.74 Å². The summed E-state index contributed by atoms with van der Waals surface area (Å²) < 4.78 is 5.77. The van der Waals surface area contributed by atoms with Crippen molar-refractivity contribution >= 4 is 0 Å². The molecule has 2 rings (SSSR count). The first kappa shape index (κ1) is 16.5. The molecule has 0 radical (unpaired) electrons. The Balaban J connectivity index is 1.98. The van der Waals surface area contributed by atoms with Crippen LogP contribution in [0.25, 0.3) is 0 Å². The Morgan fingerprint density at radius 2 is 2.19 bits per heavy atom. The zero-order chi connectivity index (χ0) is 15.1. The molecule has 1 aromatic carbocycles. The van der Waals surface area contributed by atoms with Crippen molar-refractivity contribution in [3.05, 3.63) is 35.4 Å². The Labute approximate surface area is 130 Å². The number of nitrogens with one attached hydrogen (secondary N) is 1. The van der Waals surface area contributed by atoms with Crippen LogP contribution in [0.5, 0.6) is 0 Å². The molecule has 1 N–H and O–H groups in total. The van der Waals surface area contributed by atoms with E-state index >= 15 is 0 Å². The molecule has 2 nitrogen and oxygen atoms in total. The Morgan fingerprint density at radius 1 is 1.33 bits per heavy atom. The van der Waals surface area contributed by atoms with Crippen molar-refractivity contribution in [2.24, 2.45) is 5.92 Å². The molecule has 0 aliphatic carbocycles. The van der Waals surface area contributed by atoms with Gasteiger partial charge in [0.2, 0.25) is 0 Å². The predicted molar refractivity (Wildman–Crippen MR) is 89.6 cm³/mol. The van der Waals surface area contributed by atoms with Gasteiger partial charge in [0, 0.05) is 12.6 Å². The monoisotopic (exact) mass is 289 g/mol. The maximum absolute atomic E-state index is 5.77. The third-order valence-electron chi connectivity index (χ3n) is 4.25. The van der Waals surface area contributed by atoms with Crippen molar-refractivity contribution in [1.29, 1.82) is 0 Å². The Bertz CT molecular complexity index is 410. The van der Waals surface area contributed by atoms with Crippen LogP contribution in [0.1, 0.15) is 63.6 Å². The topological polar surface area (TPSA) is 21.3 Å². The van der Waals surface area contributed by atoms with Crippen LogP contribution in [-0.2, 0) is 11.2 Å². The van der Waals surface area contributed by atoms with Gasteiger partial charge in [0.25, 0.3) is 0 Å². The number of hydrogen-bond acceptors (Lipinski definition) is 2. The molecular formula is C19H31NO. The van der Waals surface area contributed by atoms with Gasteiger partial charge < -0.3 is 10.1 Å². The highest BCUT2D eigenvalue weighted by atomic mass is 16.5. The second-order valence-electron chi connectivity index (χ2n) is 6.67. The van der Waals surface area contributed by atoms with Crippen LogP contribution in [0.3, 0.4) is 0 Å². The molecular weight excluding hydrogens is 258 g/mol. The molecule has 1 fully saturated rings. The molecule has 2 atom stereocenters. The van der Waals surface area contributed by atoms with Gasteiger partial charge in [-0.1, -0.05) is 45.0 Å². The molecule has 1 aliphatic heterocycles. The maximum Gasteiger partial charge on any atom is 0.0576 e. The summed E-state index contributed by atoms with van der Waals surface area (Å²) in [7, 11) is 0. The highest BCUT2D eigenvalue weighted by Crippen LogP contribution is 2.25. The van der Waals surface area contributed by atoms with Gasteiger partial charge >= 0.3 is 0 Å². The maximum atomic E-state index is 5.77. The molecule has 1 aliphatic rings. The lowest BCUT2D eigenvalue weighted by Gasteiger charge is -2.21. The highest BCUT2D eigenvalue weighted by Gasteiger charge is 2.18. The molecule has 1 heterocycles. The fourth-order valence-corrected chi connectivity index (χ4v) is 3.27. The van der Waals surface area contributed by atoms with Crippen molar-refractivity contribution in [2.45, 2.75) is 65.0 Å². The van der Waals surface area contributed by atoms with Gasteiger partial charge in [0.1, 0.15) is 0 Å². The molecule has 1 aromatic rings. The van der Waals surface area contributed by atoms with Crippen molar-refractivity contribution in [1.82, 2.24) is 5.32 Å². The second kappa shape index (κ2) is 8.55. The molecule has 1 saturated heterocycles. The molecule has 0 aromatic heterocycles. The summed E-state index contributed by atoms with van der Waals surface area (Å²) in [6.45, 7) is 8.74. The minimum atomic E-state index is 0.464. The van der Waals surface area contributed by atoms with E-state index in [-0.39, 0.29) is 0 Å². The van der Waals surface area contributed by atoms with Crippen LogP contribution in [0.4, 0.5) is 0 Å². The minimum Gasteiger partial charge on any atom is -0.378 e. The van der Waals surface area contributed by atoms with Crippen LogP contribution >= 0.6 is 0 Å². The first-order chi connectivity index (χ1) is 10.2. The first-order valence-corrected chi connectivity index (χ1v) is 8.63. The number of benzene rings is 1. The molecule has 2 heteroatoms. The average Bonchev–Trinajstić information content (AvgIpc) is 2.96. The van der Waals surface area contributed by atoms with Crippen LogP contribution in [0, 0.1) is 5.92 Å². The van der Waals surface area contributed by atoms with E-state index in [1.54, 1.807) is 0 Å². The molecule has 0 bridgehead atoms. The molecule has 0 amide bonds. The molecule has 0 saturated carbocycles. The third-order valence-corrected chi connectivity index (χ3v) is 4.25. The fraction of sp³-hybridized carbons (Fsp3) is 0.684. The van der Waals surface area contributed by atoms with Gasteiger partial charge in [0.05, 0.1) is 6.10 Å². The van der Waals surface area contributed by atoms with Crippen molar-refractivity contribution in [3.8, 4) is 0 Å². The summed E-state index contributed by atoms with van der Waals surface area (Å²) in [6, 6.07) is 9.59. The van der Waals surface area contributed by atoms with Gasteiger partial charge in [-0.2, -0.15) is 0 Å². The number of ether oxygens (including phenoxy) is 1. The molecule has 2 unspecified atom stereocenters. The summed E-state index contributed by atoms with van der Waals surface area (Å²) in [4.78, 5) is 0.